The van der Waals surface area contributed by atoms with Gasteiger partial charge < -0.3 is 10.1 Å². The molecule has 2 unspecified atom stereocenters. The van der Waals surface area contributed by atoms with E-state index in [4.69, 9.17) is 4.74 Å². The Morgan fingerprint density at radius 3 is 2.62 bits per heavy atom. The van der Waals surface area contributed by atoms with Gasteiger partial charge in [0.05, 0.1) is 6.10 Å². The van der Waals surface area contributed by atoms with Gasteiger partial charge in [-0.3, -0.25) is 4.90 Å². The van der Waals surface area contributed by atoms with Crippen molar-refractivity contribution in [3.63, 3.8) is 0 Å². The van der Waals surface area contributed by atoms with E-state index >= 15 is 0 Å². The van der Waals surface area contributed by atoms with Crippen LogP contribution in [0.1, 0.15) is 32.4 Å². The largest absolute Gasteiger partial charge is 0.491 e. The highest BCUT2D eigenvalue weighted by atomic mass is 32.2. The smallest absolute Gasteiger partial charge is 0.119 e. The van der Waals surface area contributed by atoms with E-state index in [0.717, 1.165) is 12.3 Å². The maximum atomic E-state index is 5.74. The van der Waals surface area contributed by atoms with Gasteiger partial charge >= 0.3 is 0 Å². The van der Waals surface area contributed by atoms with Gasteiger partial charge in [-0.25, -0.2) is 0 Å². The van der Waals surface area contributed by atoms with Crippen LogP contribution in [0, 0.1) is 0 Å². The summed E-state index contributed by atoms with van der Waals surface area (Å²) in [4.78, 5) is 2.49. The third kappa shape index (κ3) is 4.63. The first kappa shape index (κ1) is 16.7. The Morgan fingerprint density at radius 2 is 2.05 bits per heavy atom. The Bertz CT molecular complexity index is 421. The van der Waals surface area contributed by atoms with Crippen molar-refractivity contribution < 1.29 is 4.74 Å². The van der Waals surface area contributed by atoms with E-state index < -0.39 is 0 Å². The first-order valence-electron chi connectivity index (χ1n) is 7.89. The van der Waals surface area contributed by atoms with Crippen molar-refractivity contribution in [1.82, 2.24) is 10.2 Å². The molecule has 1 aromatic rings. The maximum Gasteiger partial charge on any atom is 0.119 e. The quantitative estimate of drug-likeness (QED) is 0.872. The van der Waals surface area contributed by atoms with Gasteiger partial charge in [0.1, 0.15) is 5.75 Å². The second kappa shape index (κ2) is 8.06. The Labute approximate surface area is 133 Å². The molecule has 0 spiro atoms. The molecule has 0 aliphatic carbocycles. The van der Waals surface area contributed by atoms with Gasteiger partial charge in [0, 0.05) is 30.1 Å². The molecule has 0 radical (unpaired) electrons. The Balaban J connectivity index is 2.13. The molecule has 0 amide bonds. The topological polar surface area (TPSA) is 24.5 Å². The van der Waals surface area contributed by atoms with Crippen molar-refractivity contribution in [2.45, 2.75) is 39.0 Å². The lowest BCUT2D eigenvalue weighted by Gasteiger charge is -2.38. The summed E-state index contributed by atoms with van der Waals surface area (Å²) in [6.07, 6.45) is 0.223. The zero-order chi connectivity index (χ0) is 15.2. The van der Waals surface area contributed by atoms with E-state index in [9.17, 15) is 0 Å². The van der Waals surface area contributed by atoms with E-state index in [1.807, 2.05) is 0 Å². The molecule has 118 valence electrons. The molecule has 0 bridgehead atoms. The van der Waals surface area contributed by atoms with Crippen molar-refractivity contribution in [1.29, 1.82) is 0 Å². The molecule has 4 heteroatoms. The molecule has 1 N–H and O–H groups in total. The van der Waals surface area contributed by atoms with E-state index in [-0.39, 0.29) is 6.10 Å². The molecule has 1 saturated heterocycles. The van der Waals surface area contributed by atoms with Crippen molar-refractivity contribution in [3.8, 4) is 5.75 Å². The summed E-state index contributed by atoms with van der Waals surface area (Å²) in [5, 5.41) is 3.66. The predicted octanol–water partition coefficient (Wildman–Crippen LogP) is 3.17. The number of thioether (sulfide) groups is 1. The van der Waals surface area contributed by atoms with Gasteiger partial charge in [0.25, 0.3) is 0 Å². The van der Waals surface area contributed by atoms with E-state index in [0.29, 0.717) is 12.1 Å². The van der Waals surface area contributed by atoms with Crippen LogP contribution in [0.3, 0.4) is 0 Å². The standard InChI is InChI=1S/C17H28N2OS/c1-5-18-17(16-12-21-11-10-19(16)4)14-6-8-15(9-7-14)20-13(2)3/h6-9,13,16-18H,5,10-12H2,1-4H3. The number of likely N-dealkylation sites (N-methyl/N-ethyl adjacent to an activating group) is 2. The fraction of sp³-hybridized carbons (Fsp3) is 0.647. The van der Waals surface area contributed by atoms with Gasteiger partial charge in [-0.15, -0.1) is 0 Å². The van der Waals surface area contributed by atoms with E-state index in [1.54, 1.807) is 0 Å². The fourth-order valence-corrected chi connectivity index (χ4v) is 4.05. The van der Waals surface area contributed by atoms with Crippen molar-refractivity contribution in [2.24, 2.45) is 0 Å². The second-order valence-corrected chi connectivity index (χ2v) is 7.04. The summed E-state index contributed by atoms with van der Waals surface area (Å²) in [7, 11) is 2.24. The third-order valence-corrected chi connectivity index (χ3v) is 4.91. The monoisotopic (exact) mass is 308 g/mol. The van der Waals surface area contributed by atoms with Crippen LogP contribution >= 0.6 is 11.8 Å². The molecule has 1 aliphatic heterocycles. The number of nitrogens with zero attached hydrogens (tertiary/aromatic N) is 1. The first-order valence-corrected chi connectivity index (χ1v) is 9.05. The third-order valence-electron chi connectivity index (χ3n) is 3.86. The highest BCUT2D eigenvalue weighted by molar-refractivity contribution is 7.99. The molecular formula is C17H28N2OS. The van der Waals surface area contributed by atoms with Crippen LogP contribution in [0.4, 0.5) is 0 Å². The lowest BCUT2D eigenvalue weighted by Crippen LogP contribution is -2.47. The molecule has 2 rings (SSSR count). The van der Waals surface area contributed by atoms with Gasteiger partial charge in [0.15, 0.2) is 0 Å². The van der Waals surface area contributed by atoms with Crippen LogP contribution in [0.15, 0.2) is 24.3 Å². The SMILES string of the molecule is CCNC(c1ccc(OC(C)C)cc1)C1CSCCN1C. The van der Waals surface area contributed by atoms with Crippen LogP contribution in [-0.4, -0.2) is 48.7 Å². The second-order valence-electron chi connectivity index (χ2n) is 5.89. The molecule has 1 heterocycles. The minimum atomic E-state index is 0.223. The normalized spacial score (nSPS) is 21.5. The summed E-state index contributed by atoms with van der Waals surface area (Å²) in [6, 6.07) is 9.54. The summed E-state index contributed by atoms with van der Waals surface area (Å²) in [6.45, 7) is 8.46. The maximum absolute atomic E-state index is 5.74. The summed E-state index contributed by atoms with van der Waals surface area (Å²) >= 11 is 2.06. The Morgan fingerprint density at radius 1 is 1.33 bits per heavy atom. The predicted molar refractivity (Wildman–Crippen MR) is 92.4 cm³/mol. The van der Waals surface area contributed by atoms with Crippen molar-refractivity contribution >= 4 is 11.8 Å². The highest BCUT2D eigenvalue weighted by Crippen LogP contribution is 2.28. The number of ether oxygens (including phenoxy) is 1. The zero-order valence-electron chi connectivity index (χ0n) is 13.6. The Hall–Kier alpha value is -0.710. The molecule has 1 aliphatic rings. The summed E-state index contributed by atoms with van der Waals surface area (Å²) in [5.74, 6) is 3.39. The minimum absolute atomic E-state index is 0.223. The number of hydrogen-bond acceptors (Lipinski definition) is 4. The van der Waals surface area contributed by atoms with Crippen molar-refractivity contribution in [3.05, 3.63) is 29.8 Å². The number of benzene rings is 1. The molecule has 3 nitrogen and oxygen atoms in total. The average molecular weight is 308 g/mol. The van der Waals surface area contributed by atoms with Gasteiger partial charge in [-0.05, 0) is 45.1 Å². The zero-order valence-corrected chi connectivity index (χ0v) is 14.5. The van der Waals surface area contributed by atoms with Crippen LogP contribution in [0.25, 0.3) is 0 Å². The lowest BCUT2D eigenvalue weighted by atomic mass is 9.99. The fourth-order valence-electron chi connectivity index (χ4n) is 2.78. The molecule has 0 saturated carbocycles. The van der Waals surface area contributed by atoms with Crippen LogP contribution in [0.5, 0.6) is 5.75 Å². The molecule has 2 atom stereocenters. The van der Waals surface area contributed by atoms with Gasteiger partial charge in [0.2, 0.25) is 0 Å². The number of nitrogens with one attached hydrogen (secondary N) is 1. The van der Waals surface area contributed by atoms with Gasteiger partial charge in [-0.1, -0.05) is 19.1 Å². The summed E-state index contributed by atoms with van der Waals surface area (Å²) in [5.41, 5.74) is 1.35. The molecular weight excluding hydrogens is 280 g/mol. The van der Waals surface area contributed by atoms with E-state index in [2.05, 4.69) is 74.1 Å². The highest BCUT2D eigenvalue weighted by Gasteiger charge is 2.28. The molecule has 0 aromatic heterocycles. The van der Waals surface area contributed by atoms with E-state index in [1.165, 1.54) is 23.6 Å². The summed E-state index contributed by atoms with van der Waals surface area (Å²) < 4.78 is 5.74. The first-order chi connectivity index (χ1) is 10.1. The van der Waals surface area contributed by atoms with Crippen molar-refractivity contribution in [2.75, 3.05) is 31.6 Å². The lowest BCUT2D eigenvalue weighted by molar-refractivity contribution is 0.216. The van der Waals surface area contributed by atoms with Crippen LogP contribution < -0.4 is 10.1 Å². The Kier molecular flexibility index (Phi) is 6.40. The molecule has 1 fully saturated rings. The molecule has 1 aromatic carbocycles. The van der Waals surface area contributed by atoms with Crippen LogP contribution in [0.2, 0.25) is 0 Å². The van der Waals surface area contributed by atoms with Crippen LogP contribution in [-0.2, 0) is 0 Å². The molecule has 21 heavy (non-hydrogen) atoms. The minimum Gasteiger partial charge on any atom is -0.491 e. The number of rotatable bonds is 6. The van der Waals surface area contributed by atoms with Gasteiger partial charge in [-0.2, -0.15) is 11.8 Å². The average Bonchev–Trinajstić information content (AvgIpc) is 2.46. The number of hydrogen-bond donors (Lipinski definition) is 1.